The van der Waals surface area contributed by atoms with Crippen molar-refractivity contribution in [3.63, 3.8) is 0 Å². The van der Waals surface area contributed by atoms with Crippen molar-refractivity contribution in [2.75, 3.05) is 7.11 Å². The molecule has 0 radical (unpaired) electrons. The summed E-state index contributed by atoms with van der Waals surface area (Å²) in [4.78, 5) is 0. The molecule has 0 spiro atoms. The molecule has 2 atom stereocenters. The van der Waals surface area contributed by atoms with Crippen molar-refractivity contribution in [3.05, 3.63) is 22.6 Å². The largest absolute Gasteiger partial charge is 0.466 e. The predicted molar refractivity (Wildman–Crippen MR) is 70.7 cm³/mol. The second-order valence-electron chi connectivity index (χ2n) is 4.76. The summed E-state index contributed by atoms with van der Waals surface area (Å²) in [5.74, 6) is 1.35. The third-order valence-corrected chi connectivity index (χ3v) is 4.34. The van der Waals surface area contributed by atoms with E-state index in [1.807, 2.05) is 6.07 Å². The van der Waals surface area contributed by atoms with Crippen LogP contribution in [0.2, 0.25) is 0 Å². The van der Waals surface area contributed by atoms with Crippen LogP contribution < -0.4 is 5.73 Å². The Bertz CT molecular complexity index is 347. The van der Waals surface area contributed by atoms with Crippen LogP contribution in [0.4, 0.5) is 0 Å². The molecule has 2 unspecified atom stereocenters. The Labute approximate surface area is 111 Å². The van der Waals surface area contributed by atoms with Crippen LogP contribution in [0, 0.1) is 5.92 Å². The standard InChI is InChI=1S/C13H20BrNO2/c1-16-12(9-5-3-2-4-6-9)11(15)13-10(14)7-8-17-13/h7-9,11-12H,2-6,15H2,1H3. The summed E-state index contributed by atoms with van der Waals surface area (Å²) in [6.45, 7) is 0. The topological polar surface area (TPSA) is 48.4 Å². The van der Waals surface area contributed by atoms with E-state index in [1.54, 1.807) is 13.4 Å². The summed E-state index contributed by atoms with van der Waals surface area (Å²) < 4.78 is 12.0. The molecule has 1 heterocycles. The predicted octanol–water partition coefficient (Wildman–Crippen LogP) is 3.64. The van der Waals surface area contributed by atoms with Crippen LogP contribution in [-0.2, 0) is 4.74 Å². The van der Waals surface area contributed by atoms with E-state index in [9.17, 15) is 0 Å². The number of furan rings is 1. The van der Waals surface area contributed by atoms with E-state index in [2.05, 4.69) is 15.9 Å². The molecule has 0 bridgehead atoms. The minimum absolute atomic E-state index is 0.0535. The van der Waals surface area contributed by atoms with Crippen LogP contribution in [0.15, 0.2) is 21.2 Å². The normalized spacial score (nSPS) is 21.4. The minimum Gasteiger partial charge on any atom is -0.466 e. The molecule has 2 rings (SSSR count). The van der Waals surface area contributed by atoms with Gasteiger partial charge in [-0.25, -0.2) is 0 Å². The molecule has 96 valence electrons. The Morgan fingerprint density at radius 2 is 2.12 bits per heavy atom. The molecule has 1 aliphatic rings. The van der Waals surface area contributed by atoms with Crippen LogP contribution in [0.25, 0.3) is 0 Å². The van der Waals surface area contributed by atoms with Gasteiger partial charge in [-0.15, -0.1) is 0 Å². The maximum Gasteiger partial charge on any atom is 0.137 e. The van der Waals surface area contributed by atoms with Crippen molar-refractivity contribution >= 4 is 15.9 Å². The second-order valence-corrected chi connectivity index (χ2v) is 5.61. The molecule has 1 aromatic rings. The van der Waals surface area contributed by atoms with E-state index in [-0.39, 0.29) is 12.1 Å². The summed E-state index contributed by atoms with van der Waals surface area (Å²) >= 11 is 3.46. The number of hydrogen-bond acceptors (Lipinski definition) is 3. The van der Waals surface area contributed by atoms with Gasteiger partial charge in [0, 0.05) is 7.11 Å². The molecule has 0 aliphatic heterocycles. The van der Waals surface area contributed by atoms with Crippen molar-refractivity contribution in [2.45, 2.75) is 44.2 Å². The Balaban J connectivity index is 2.09. The molecular formula is C13H20BrNO2. The molecule has 3 nitrogen and oxygen atoms in total. The fraction of sp³-hybridized carbons (Fsp3) is 0.692. The van der Waals surface area contributed by atoms with Crippen LogP contribution >= 0.6 is 15.9 Å². The van der Waals surface area contributed by atoms with E-state index in [4.69, 9.17) is 14.9 Å². The zero-order valence-electron chi connectivity index (χ0n) is 10.2. The first kappa shape index (κ1) is 13.1. The summed E-state index contributed by atoms with van der Waals surface area (Å²) in [5.41, 5.74) is 6.28. The molecule has 1 fully saturated rings. The average molecular weight is 302 g/mol. The number of ether oxygens (including phenoxy) is 1. The maximum absolute atomic E-state index is 6.28. The lowest BCUT2D eigenvalue weighted by Crippen LogP contribution is -2.35. The Hall–Kier alpha value is -0.320. The molecular weight excluding hydrogens is 282 g/mol. The van der Waals surface area contributed by atoms with Crippen LogP contribution in [0.3, 0.4) is 0 Å². The van der Waals surface area contributed by atoms with Crippen LogP contribution in [-0.4, -0.2) is 13.2 Å². The summed E-state index contributed by atoms with van der Waals surface area (Å²) in [7, 11) is 1.75. The fourth-order valence-corrected chi connectivity index (χ4v) is 3.25. The molecule has 0 aromatic carbocycles. The van der Waals surface area contributed by atoms with E-state index in [0.717, 1.165) is 10.2 Å². The number of hydrogen-bond donors (Lipinski definition) is 1. The Kier molecular flexibility index (Phi) is 4.65. The maximum atomic E-state index is 6.28. The van der Waals surface area contributed by atoms with Gasteiger partial charge in [0.05, 0.1) is 22.9 Å². The zero-order chi connectivity index (χ0) is 12.3. The average Bonchev–Trinajstić information content (AvgIpc) is 2.77. The third-order valence-electron chi connectivity index (χ3n) is 3.69. The van der Waals surface area contributed by atoms with Gasteiger partial charge in [-0.1, -0.05) is 19.3 Å². The molecule has 1 saturated carbocycles. The number of rotatable bonds is 4. The zero-order valence-corrected chi connectivity index (χ0v) is 11.8. The first-order chi connectivity index (χ1) is 8.24. The van der Waals surface area contributed by atoms with Gasteiger partial charge in [-0.05, 0) is 40.8 Å². The lowest BCUT2D eigenvalue weighted by molar-refractivity contribution is 0.0123. The highest BCUT2D eigenvalue weighted by molar-refractivity contribution is 9.10. The van der Waals surface area contributed by atoms with Gasteiger partial charge in [0.2, 0.25) is 0 Å². The van der Waals surface area contributed by atoms with Crippen molar-refractivity contribution in [2.24, 2.45) is 11.7 Å². The first-order valence-electron chi connectivity index (χ1n) is 6.25. The van der Waals surface area contributed by atoms with Gasteiger partial charge in [-0.2, -0.15) is 0 Å². The third kappa shape index (κ3) is 2.92. The molecule has 0 saturated heterocycles. The first-order valence-corrected chi connectivity index (χ1v) is 7.04. The Morgan fingerprint density at radius 1 is 1.41 bits per heavy atom. The van der Waals surface area contributed by atoms with Gasteiger partial charge in [0.1, 0.15) is 5.76 Å². The van der Waals surface area contributed by atoms with Gasteiger partial charge in [0.15, 0.2) is 0 Å². The van der Waals surface area contributed by atoms with Gasteiger partial charge in [-0.3, -0.25) is 0 Å². The van der Waals surface area contributed by atoms with E-state index >= 15 is 0 Å². The van der Waals surface area contributed by atoms with E-state index < -0.39 is 0 Å². The fourth-order valence-electron chi connectivity index (χ4n) is 2.79. The number of methoxy groups -OCH3 is 1. The van der Waals surface area contributed by atoms with Crippen molar-refractivity contribution < 1.29 is 9.15 Å². The molecule has 17 heavy (non-hydrogen) atoms. The summed E-state index contributed by atoms with van der Waals surface area (Å²) in [6, 6.07) is 1.69. The van der Waals surface area contributed by atoms with E-state index in [0.29, 0.717) is 5.92 Å². The highest BCUT2D eigenvalue weighted by Crippen LogP contribution is 2.35. The number of halogens is 1. The number of nitrogens with two attached hydrogens (primary N) is 1. The Morgan fingerprint density at radius 3 is 2.65 bits per heavy atom. The van der Waals surface area contributed by atoms with Crippen LogP contribution in [0.5, 0.6) is 0 Å². The highest BCUT2D eigenvalue weighted by atomic mass is 79.9. The quantitative estimate of drug-likeness (QED) is 0.923. The van der Waals surface area contributed by atoms with Gasteiger partial charge in [0.25, 0.3) is 0 Å². The lowest BCUT2D eigenvalue weighted by Gasteiger charge is -2.32. The molecule has 2 N–H and O–H groups in total. The monoisotopic (exact) mass is 301 g/mol. The van der Waals surface area contributed by atoms with Crippen LogP contribution in [0.1, 0.15) is 43.9 Å². The summed E-state index contributed by atoms with van der Waals surface area (Å²) in [5, 5.41) is 0. The minimum atomic E-state index is -0.188. The SMILES string of the molecule is COC(C1CCCCC1)C(N)c1occc1Br. The lowest BCUT2D eigenvalue weighted by atomic mass is 9.82. The molecule has 0 amide bonds. The molecule has 1 aromatic heterocycles. The molecule has 1 aliphatic carbocycles. The van der Waals surface area contributed by atoms with Crippen molar-refractivity contribution in [1.82, 2.24) is 0 Å². The van der Waals surface area contributed by atoms with Gasteiger partial charge < -0.3 is 14.9 Å². The second kappa shape index (κ2) is 6.03. The smallest absolute Gasteiger partial charge is 0.137 e. The van der Waals surface area contributed by atoms with E-state index in [1.165, 1.54) is 32.1 Å². The van der Waals surface area contributed by atoms with Crippen molar-refractivity contribution in [1.29, 1.82) is 0 Å². The van der Waals surface area contributed by atoms with Crippen molar-refractivity contribution in [3.8, 4) is 0 Å². The highest BCUT2D eigenvalue weighted by Gasteiger charge is 2.31. The van der Waals surface area contributed by atoms with Gasteiger partial charge >= 0.3 is 0 Å². The summed E-state index contributed by atoms with van der Waals surface area (Å²) in [6.07, 6.45) is 8.06. The molecule has 4 heteroatoms.